The molecule has 0 saturated carbocycles. The molecule has 1 atom stereocenters. The quantitative estimate of drug-likeness (QED) is 0.844. The average Bonchev–Trinajstić information content (AvgIpc) is 3.29. The lowest BCUT2D eigenvalue weighted by molar-refractivity contribution is 0.240. The van der Waals surface area contributed by atoms with E-state index in [9.17, 15) is 4.79 Å². The Morgan fingerprint density at radius 1 is 1.38 bits per heavy atom. The fourth-order valence-corrected chi connectivity index (χ4v) is 3.60. The topological polar surface area (TPSA) is 66.5 Å². The highest BCUT2D eigenvalue weighted by Gasteiger charge is 2.26. The molecule has 0 spiro atoms. The summed E-state index contributed by atoms with van der Waals surface area (Å²) in [5.74, 6) is 0.812. The van der Waals surface area contributed by atoms with Crippen LogP contribution in [0, 0.1) is 0 Å². The Morgan fingerprint density at radius 2 is 2.21 bits per heavy atom. The number of carbonyl (C=O) groups is 1. The van der Waals surface area contributed by atoms with Crippen LogP contribution in [0.1, 0.15) is 18.4 Å². The van der Waals surface area contributed by atoms with E-state index in [1.165, 1.54) is 0 Å². The number of rotatable bonds is 6. The first-order chi connectivity index (χ1) is 11.8. The molecule has 6 nitrogen and oxygen atoms in total. The van der Waals surface area contributed by atoms with Gasteiger partial charge in [0.1, 0.15) is 5.75 Å². The number of methoxy groups -OCH3 is 1. The fraction of sp³-hybridized carbons (Fsp3) is 0.412. The number of hydrogen-bond donors (Lipinski definition) is 2. The molecule has 2 N–H and O–H groups in total. The van der Waals surface area contributed by atoms with Crippen molar-refractivity contribution in [1.82, 2.24) is 15.6 Å². The highest BCUT2D eigenvalue weighted by atomic mass is 32.1. The molecule has 2 heterocycles. The summed E-state index contributed by atoms with van der Waals surface area (Å²) < 4.78 is 5.12. The molecule has 0 bridgehead atoms. The van der Waals surface area contributed by atoms with Gasteiger partial charge in [0.25, 0.3) is 0 Å². The van der Waals surface area contributed by atoms with Crippen molar-refractivity contribution >= 4 is 22.5 Å². The molecule has 1 aliphatic rings. The first kappa shape index (κ1) is 16.6. The van der Waals surface area contributed by atoms with E-state index in [2.05, 4.69) is 20.5 Å². The van der Waals surface area contributed by atoms with Crippen molar-refractivity contribution in [3.8, 4) is 5.75 Å². The summed E-state index contributed by atoms with van der Waals surface area (Å²) in [6.45, 7) is 2.14. The Balaban J connectivity index is 1.43. The molecule has 1 aliphatic heterocycles. The van der Waals surface area contributed by atoms with Gasteiger partial charge in [-0.15, -0.1) is 11.3 Å². The maximum atomic E-state index is 12.0. The van der Waals surface area contributed by atoms with E-state index >= 15 is 0 Å². The SMILES string of the molecule is COc1ccc(CNC(=O)NC[C@H]2CCCN2c2nccs2)cc1. The first-order valence-corrected chi connectivity index (χ1v) is 8.95. The number of hydrogen-bond acceptors (Lipinski definition) is 5. The minimum absolute atomic E-state index is 0.142. The van der Waals surface area contributed by atoms with Crippen LogP contribution in [-0.4, -0.2) is 37.3 Å². The molecule has 1 fully saturated rings. The Bertz CT molecular complexity index is 645. The number of urea groups is 1. The van der Waals surface area contributed by atoms with Crippen LogP contribution in [0.4, 0.5) is 9.93 Å². The zero-order valence-electron chi connectivity index (χ0n) is 13.7. The largest absolute Gasteiger partial charge is 0.497 e. The van der Waals surface area contributed by atoms with Crippen LogP contribution < -0.4 is 20.3 Å². The molecular weight excluding hydrogens is 324 g/mol. The maximum absolute atomic E-state index is 12.0. The van der Waals surface area contributed by atoms with Crippen LogP contribution in [0.25, 0.3) is 0 Å². The number of ether oxygens (including phenoxy) is 1. The summed E-state index contributed by atoms with van der Waals surface area (Å²) >= 11 is 1.64. The molecule has 2 aromatic rings. The van der Waals surface area contributed by atoms with Gasteiger partial charge in [0.05, 0.1) is 7.11 Å². The Labute approximate surface area is 145 Å². The van der Waals surface area contributed by atoms with Crippen LogP contribution in [0.15, 0.2) is 35.8 Å². The minimum atomic E-state index is -0.142. The lowest BCUT2D eigenvalue weighted by Gasteiger charge is -2.24. The molecule has 7 heteroatoms. The minimum Gasteiger partial charge on any atom is -0.497 e. The third-order valence-corrected chi connectivity index (χ3v) is 4.96. The maximum Gasteiger partial charge on any atom is 0.315 e. The van der Waals surface area contributed by atoms with Crippen LogP contribution >= 0.6 is 11.3 Å². The van der Waals surface area contributed by atoms with Crippen molar-refractivity contribution in [1.29, 1.82) is 0 Å². The Morgan fingerprint density at radius 3 is 2.92 bits per heavy atom. The summed E-state index contributed by atoms with van der Waals surface area (Å²) in [6, 6.07) is 7.85. The number of benzene rings is 1. The van der Waals surface area contributed by atoms with E-state index in [-0.39, 0.29) is 6.03 Å². The molecule has 1 aromatic carbocycles. The monoisotopic (exact) mass is 346 g/mol. The van der Waals surface area contributed by atoms with Crippen LogP contribution in [0.2, 0.25) is 0 Å². The molecule has 3 rings (SSSR count). The summed E-state index contributed by atoms with van der Waals surface area (Å²) in [4.78, 5) is 18.7. The zero-order valence-corrected chi connectivity index (χ0v) is 14.5. The summed E-state index contributed by atoms with van der Waals surface area (Å²) in [5.41, 5.74) is 1.04. The fourth-order valence-electron chi connectivity index (χ4n) is 2.86. The lowest BCUT2D eigenvalue weighted by atomic mass is 10.2. The predicted octanol–water partition coefficient (Wildman–Crippen LogP) is 2.62. The second kappa shape index (κ2) is 8.01. The van der Waals surface area contributed by atoms with Gasteiger partial charge in [-0.2, -0.15) is 0 Å². The molecule has 128 valence electrons. The molecule has 0 radical (unpaired) electrons. The van der Waals surface area contributed by atoms with Gasteiger partial charge in [0.2, 0.25) is 0 Å². The summed E-state index contributed by atoms with van der Waals surface area (Å²) in [6.07, 6.45) is 4.04. The average molecular weight is 346 g/mol. The second-order valence-corrected chi connectivity index (χ2v) is 6.59. The third-order valence-electron chi connectivity index (χ3n) is 4.15. The number of thiazole rings is 1. The van der Waals surface area contributed by atoms with E-state index in [4.69, 9.17) is 4.74 Å². The van der Waals surface area contributed by atoms with Crippen molar-refractivity contribution < 1.29 is 9.53 Å². The Kier molecular flexibility index (Phi) is 5.53. The molecule has 1 aromatic heterocycles. The second-order valence-electron chi connectivity index (χ2n) is 5.72. The standard InChI is InChI=1S/C17H22N4O2S/c1-23-15-6-4-13(5-7-15)11-19-16(22)20-12-14-3-2-9-21(14)17-18-8-10-24-17/h4-8,10,14H,2-3,9,11-12H2,1H3,(H2,19,20,22)/t14-/m1/s1. The van der Waals surface area contributed by atoms with Crippen LogP contribution in [-0.2, 0) is 6.54 Å². The van der Waals surface area contributed by atoms with Crippen LogP contribution in [0.5, 0.6) is 5.75 Å². The molecule has 1 saturated heterocycles. The molecular formula is C17H22N4O2S. The molecule has 24 heavy (non-hydrogen) atoms. The third kappa shape index (κ3) is 4.17. The van der Waals surface area contributed by atoms with Crippen molar-refractivity contribution in [3.05, 3.63) is 41.4 Å². The van der Waals surface area contributed by atoms with E-state index in [0.717, 1.165) is 35.8 Å². The smallest absolute Gasteiger partial charge is 0.315 e. The first-order valence-electron chi connectivity index (χ1n) is 8.07. The van der Waals surface area contributed by atoms with Gasteiger partial charge in [-0.3, -0.25) is 0 Å². The number of carbonyl (C=O) groups excluding carboxylic acids is 1. The lowest BCUT2D eigenvalue weighted by Crippen LogP contribution is -2.43. The van der Waals surface area contributed by atoms with E-state index in [1.807, 2.05) is 35.8 Å². The van der Waals surface area contributed by atoms with Gasteiger partial charge < -0.3 is 20.3 Å². The number of amides is 2. The number of nitrogens with one attached hydrogen (secondary N) is 2. The van der Waals surface area contributed by atoms with E-state index in [1.54, 1.807) is 18.4 Å². The van der Waals surface area contributed by atoms with Gasteiger partial charge in [-0.25, -0.2) is 9.78 Å². The van der Waals surface area contributed by atoms with Gasteiger partial charge in [0, 0.05) is 37.3 Å². The van der Waals surface area contributed by atoms with Gasteiger partial charge in [0.15, 0.2) is 5.13 Å². The predicted molar refractivity (Wildman–Crippen MR) is 95.7 cm³/mol. The van der Waals surface area contributed by atoms with Crippen molar-refractivity contribution in [2.45, 2.75) is 25.4 Å². The number of nitrogens with zero attached hydrogens (tertiary/aromatic N) is 2. The molecule has 0 unspecified atom stereocenters. The normalized spacial score (nSPS) is 16.9. The van der Waals surface area contributed by atoms with Gasteiger partial charge in [-0.05, 0) is 30.5 Å². The molecule has 2 amide bonds. The summed E-state index contributed by atoms with van der Waals surface area (Å²) in [7, 11) is 1.64. The van der Waals surface area contributed by atoms with Crippen molar-refractivity contribution in [3.63, 3.8) is 0 Å². The van der Waals surface area contributed by atoms with Crippen LogP contribution in [0.3, 0.4) is 0 Å². The van der Waals surface area contributed by atoms with Crippen molar-refractivity contribution in [2.24, 2.45) is 0 Å². The van der Waals surface area contributed by atoms with Gasteiger partial charge >= 0.3 is 6.03 Å². The van der Waals surface area contributed by atoms with E-state index in [0.29, 0.717) is 19.1 Å². The highest BCUT2D eigenvalue weighted by Crippen LogP contribution is 2.26. The summed E-state index contributed by atoms with van der Waals surface area (Å²) in [5, 5.41) is 8.88. The number of aromatic nitrogens is 1. The highest BCUT2D eigenvalue weighted by molar-refractivity contribution is 7.13. The zero-order chi connectivity index (χ0) is 16.8. The Hall–Kier alpha value is -2.28. The number of anilines is 1. The van der Waals surface area contributed by atoms with E-state index < -0.39 is 0 Å². The molecule has 0 aliphatic carbocycles. The van der Waals surface area contributed by atoms with Crippen molar-refractivity contribution in [2.75, 3.05) is 25.1 Å². The van der Waals surface area contributed by atoms with Gasteiger partial charge in [-0.1, -0.05) is 12.1 Å².